The molecule has 1 atom stereocenters. The van der Waals surface area contributed by atoms with Crippen LogP contribution in [0.4, 0.5) is 0 Å². The molecule has 0 aromatic rings. The van der Waals surface area contributed by atoms with Gasteiger partial charge in [-0.1, -0.05) is 181 Å². The van der Waals surface area contributed by atoms with Crippen LogP contribution in [0.25, 0.3) is 0 Å². The summed E-state index contributed by atoms with van der Waals surface area (Å²) >= 11 is 0. The van der Waals surface area contributed by atoms with Gasteiger partial charge >= 0.3 is 11.9 Å². The molecule has 0 aliphatic heterocycles. The summed E-state index contributed by atoms with van der Waals surface area (Å²) in [6.45, 7) is 3.96. The molecule has 0 radical (unpaired) electrons. The third-order valence-electron chi connectivity index (χ3n) is 9.30. The van der Waals surface area contributed by atoms with Gasteiger partial charge in [-0.2, -0.15) is 0 Å². The van der Waals surface area contributed by atoms with Crippen molar-refractivity contribution in [3.05, 3.63) is 109 Å². The average molecular weight is 789 g/mol. The molecule has 0 aliphatic carbocycles. The number of allylic oxidation sites excluding steroid dienone is 18. The van der Waals surface area contributed by atoms with Crippen molar-refractivity contribution in [2.24, 2.45) is 0 Å². The summed E-state index contributed by atoms with van der Waals surface area (Å²) in [6, 6.07) is 0. The molecule has 0 aliphatic rings. The minimum absolute atomic E-state index is 0.0909. The minimum atomic E-state index is -0.801. The molecule has 57 heavy (non-hydrogen) atoms. The molecule has 5 heteroatoms. The lowest BCUT2D eigenvalue weighted by Crippen LogP contribution is -2.28. The van der Waals surface area contributed by atoms with E-state index in [0.29, 0.717) is 12.8 Å². The third-order valence-corrected chi connectivity index (χ3v) is 9.30. The van der Waals surface area contributed by atoms with Crippen LogP contribution >= 0.6 is 0 Å². The van der Waals surface area contributed by atoms with Gasteiger partial charge in [0, 0.05) is 12.8 Å². The Bertz CT molecular complexity index is 1160. The molecule has 0 spiro atoms. The van der Waals surface area contributed by atoms with Crippen molar-refractivity contribution in [3.63, 3.8) is 0 Å². The smallest absolute Gasteiger partial charge is 0.306 e. The number of hydrogen-bond acceptors (Lipinski definition) is 5. The first kappa shape index (κ1) is 53.6. The van der Waals surface area contributed by atoms with Crippen molar-refractivity contribution in [3.8, 4) is 0 Å². The number of carbonyl (C=O) groups excluding carboxylic acids is 2. The predicted octanol–water partition coefficient (Wildman–Crippen LogP) is 15.0. The molecule has 0 heterocycles. The quantitative estimate of drug-likeness (QED) is 0.0380. The lowest BCUT2D eigenvalue weighted by atomic mass is 10.1. The zero-order chi connectivity index (χ0) is 41.4. The molecule has 0 aromatic heterocycles. The highest BCUT2D eigenvalue weighted by molar-refractivity contribution is 5.70. The van der Waals surface area contributed by atoms with E-state index in [2.05, 4.69) is 123 Å². The number of ether oxygens (including phenoxy) is 2. The Hall–Kier alpha value is -3.44. The largest absolute Gasteiger partial charge is 0.462 e. The molecule has 0 rings (SSSR count). The zero-order valence-electron chi connectivity index (χ0n) is 36.6. The summed E-state index contributed by atoms with van der Waals surface area (Å²) < 4.78 is 10.6. The zero-order valence-corrected chi connectivity index (χ0v) is 36.6. The fourth-order valence-corrected chi connectivity index (χ4v) is 5.86. The Kier molecular flexibility index (Phi) is 44.1. The normalized spacial score (nSPS) is 13.2. The monoisotopic (exact) mass is 789 g/mol. The molecule has 0 fully saturated rings. The van der Waals surface area contributed by atoms with Crippen LogP contribution in [0.3, 0.4) is 0 Å². The van der Waals surface area contributed by atoms with E-state index >= 15 is 0 Å². The number of unbranched alkanes of at least 4 members (excludes halogenated alkanes) is 14. The molecule has 0 aromatic carbocycles. The van der Waals surface area contributed by atoms with Crippen molar-refractivity contribution in [2.45, 2.75) is 193 Å². The maximum absolute atomic E-state index is 12.2. The van der Waals surface area contributed by atoms with Crippen LogP contribution in [-0.2, 0) is 19.1 Å². The second-order valence-corrected chi connectivity index (χ2v) is 14.7. The van der Waals surface area contributed by atoms with Crippen LogP contribution in [0.2, 0.25) is 0 Å². The maximum Gasteiger partial charge on any atom is 0.306 e. The average Bonchev–Trinajstić information content (AvgIpc) is 3.21. The topological polar surface area (TPSA) is 72.8 Å². The summed E-state index contributed by atoms with van der Waals surface area (Å²) in [6.07, 6.45) is 67.3. The molecule has 1 N–H and O–H groups in total. The van der Waals surface area contributed by atoms with Gasteiger partial charge in [0.1, 0.15) is 6.61 Å². The lowest BCUT2D eigenvalue weighted by Gasteiger charge is -2.15. The molecule has 5 nitrogen and oxygen atoms in total. The summed E-state index contributed by atoms with van der Waals surface area (Å²) in [4.78, 5) is 24.4. The molecule has 322 valence electrons. The Morgan fingerprint density at radius 2 is 0.754 bits per heavy atom. The minimum Gasteiger partial charge on any atom is -0.462 e. The van der Waals surface area contributed by atoms with E-state index in [4.69, 9.17) is 9.47 Å². The van der Waals surface area contributed by atoms with E-state index < -0.39 is 6.10 Å². The van der Waals surface area contributed by atoms with E-state index in [1.54, 1.807) is 0 Å². The van der Waals surface area contributed by atoms with Crippen molar-refractivity contribution < 1.29 is 24.2 Å². The molecular weight excluding hydrogens is 705 g/mol. The van der Waals surface area contributed by atoms with Crippen LogP contribution < -0.4 is 0 Å². The number of aliphatic hydroxyl groups is 1. The summed E-state index contributed by atoms with van der Waals surface area (Å²) in [5.74, 6) is -0.647. The Balaban J connectivity index is 3.68. The molecule has 1 unspecified atom stereocenters. The van der Waals surface area contributed by atoms with Gasteiger partial charge in [-0.05, 0) is 103 Å². The van der Waals surface area contributed by atoms with Gasteiger partial charge in [0.15, 0.2) is 6.10 Å². The summed E-state index contributed by atoms with van der Waals surface area (Å²) in [7, 11) is 0. The highest BCUT2D eigenvalue weighted by atomic mass is 16.6. The van der Waals surface area contributed by atoms with Crippen molar-refractivity contribution >= 4 is 11.9 Å². The fraction of sp³-hybridized carbons (Fsp3) is 0.615. The van der Waals surface area contributed by atoms with Gasteiger partial charge in [0.05, 0.1) is 6.61 Å². The number of carbonyl (C=O) groups is 2. The van der Waals surface area contributed by atoms with Crippen LogP contribution in [0, 0.1) is 0 Å². The van der Waals surface area contributed by atoms with Crippen LogP contribution in [0.1, 0.15) is 187 Å². The standard InChI is InChI=1S/C52H84O5/c1-3-5-7-9-11-13-15-17-19-21-23-24-25-26-27-28-29-31-33-35-37-39-41-43-45-47-52(55)57-50(48-53)49-56-51(54)46-44-42-40-38-36-34-32-30-22-20-18-16-14-12-10-8-6-4-2/h5,7,11,13-14,16-17,19-20,22-24,26-27,29,31,35,37,50,53H,3-4,6,8-10,12,15,18,21,25,28,30,32-34,36,38-49H2,1-2H3/b7-5-,13-11-,16-14-,19-17-,22-20-,24-23-,27-26-,31-29-,37-35-. The highest BCUT2D eigenvalue weighted by Crippen LogP contribution is 2.12. The van der Waals surface area contributed by atoms with E-state index in [9.17, 15) is 14.7 Å². The molecule has 0 amide bonds. The van der Waals surface area contributed by atoms with E-state index in [1.807, 2.05) is 0 Å². The molecule has 0 saturated carbocycles. The molecule has 0 saturated heterocycles. The fourth-order valence-electron chi connectivity index (χ4n) is 5.86. The number of esters is 2. The van der Waals surface area contributed by atoms with Crippen LogP contribution in [-0.4, -0.2) is 36.4 Å². The maximum atomic E-state index is 12.2. The number of rotatable bonds is 40. The van der Waals surface area contributed by atoms with E-state index in [1.165, 1.54) is 57.8 Å². The van der Waals surface area contributed by atoms with Gasteiger partial charge in [-0.3, -0.25) is 9.59 Å². The van der Waals surface area contributed by atoms with Crippen molar-refractivity contribution in [1.29, 1.82) is 0 Å². The first-order valence-corrected chi connectivity index (χ1v) is 22.9. The van der Waals surface area contributed by atoms with Gasteiger partial charge in [-0.15, -0.1) is 0 Å². The van der Waals surface area contributed by atoms with E-state index in [0.717, 1.165) is 103 Å². The number of aliphatic hydroxyl groups excluding tert-OH is 1. The third kappa shape index (κ3) is 45.1. The van der Waals surface area contributed by atoms with Gasteiger partial charge in [0.25, 0.3) is 0 Å². The van der Waals surface area contributed by atoms with Crippen LogP contribution in [0.15, 0.2) is 109 Å². The van der Waals surface area contributed by atoms with E-state index in [-0.39, 0.29) is 25.2 Å². The Morgan fingerprint density at radius 3 is 1.16 bits per heavy atom. The summed E-state index contributed by atoms with van der Waals surface area (Å²) in [5, 5.41) is 9.60. The second kappa shape index (κ2) is 46.9. The van der Waals surface area contributed by atoms with Crippen LogP contribution in [0.5, 0.6) is 0 Å². The first-order chi connectivity index (χ1) is 28.1. The van der Waals surface area contributed by atoms with Gasteiger partial charge in [-0.25, -0.2) is 0 Å². The Morgan fingerprint density at radius 1 is 0.421 bits per heavy atom. The lowest BCUT2D eigenvalue weighted by molar-refractivity contribution is -0.161. The summed E-state index contributed by atoms with van der Waals surface area (Å²) in [5.41, 5.74) is 0. The molecular formula is C52H84O5. The van der Waals surface area contributed by atoms with Crippen molar-refractivity contribution in [1.82, 2.24) is 0 Å². The second-order valence-electron chi connectivity index (χ2n) is 14.7. The highest BCUT2D eigenvalue weighted by Gasteiger charge is 2.16. The SMILES string of the molecule is CC/C=C\C/C=C\C/C=C\C/C=C\C/C=C\C/C=C\C/C=C\CCCCCC(=O)OC(CO)COC(=O)CCCCCCCCC/C=C\C/C=C\CCCCCC. The first-order valence-electron chi connectivity index (χ1n) is 22.9. The number of hydrogen-bond donors (Lipinski definition) is 1. The van der Waals surface area contributed by atoms with Crippen molar-refractivity contribution in [2.75, 3.05) is 13.2 Å². The predicted molar refractivity (Wildman–Crippen MR) is 246 cm³/mol. The Labute approximate surface area is 350 Å². The van der Waals surface area contributed by atoms with Gasteiger partial charge < -0.3 is 14.6 Å². The molecule has 0 bridgehead atoms. The van der Waals surface area contributed by atoms with Gasteiger partial charge in [0.2, 0.25) is 0 Å².